The van der Waals surface area contributed by atoms with E-state index < -0.39 is 0 Å². The molecule has 0 unspecified atom stereocenters. The molecular formula is C18H24N5O2+. The molecule has 1 aromatic carbocycles. The fraction of sp³-hybridized carbons (Fsp3) is 0.444. The van der Waals surface area contributed by atoms with Gasteiger partial charge in [-0.05, 0) is 25.1 Å². The number of fused-ring (bicyclic) bond motifs is 3. The van der Waals surface area contributed by atoms with Crippen LogP contribution in [0.2, 0.25) is 0 Å². The van der Waals surface area contributed by atoms with E-state index in [-0.39, 0.29) is 6.61 Å². The smallest absolute Gasteiger partial charge is 0.156 e. The van der Waals surface area contributed by atoms with Gasteiger partial charge in [0, 0.05) is 10.9 Å². The Kier molecular flexibility index (Phi) is 4.42. The van der Waals surface area contributed by atoms with E-state index in [0.717, 1.165) is 66.2 Å². The van der Waals surface area contributed by atoms with Gasteiger partial charge in [0.1, 0.15) is 29.7 Å². The number of aromatic nitrogens is 3. The van der Waals surface area contributed by atoms with Crippen LogP contribution in [-0.2, 0) is 0 Å². The predicted octanol–water partition coefficient (Wildman–Crippen LogP) is 0.207. The van der Waals surface area contributed by atoms with E-state index in [4.69, 9.17) is 9.84 Å². The van der Waals surface area contributed by atoms with E-state index in [1.807, 2.05) is 25.1 Å². The number of ether oxygens (including phenoxy) is 1. The van der Waals surface area contributed by atoms with E-state index in [1.54, 1.807) is 6.33 Å². The zero-order valence-corrected chi connectivity index (χ0v) is 14.5. The fourth-order valence-corrected chi connectivity index (χ4v) is 3.60. The van der Waals surface area contributed by atoms with Gasteiger partial charge in [-0.1, -0.05) is 0 Å². The maximum Gasteiger partial charge on any atom is 0.156 e. The van der Waals surface area contributed by atoms with E-state index in [1.165, 1.54) is 4.90 Å². The number of aliphatic hydroxyl groups excluding tert-OH is 1. The molecule has 132 valence electrons. The van der Waals surface area contributed by atoms with Crippen LogP contribution in [0.3, 0.4) is 0 Å². The predicted molar refractivity (Wildman–Crippen MR) is 97.4 cm³/mol. The Morgan fingerprint density at radius 3 is 2.88 bits per heavy atom. The van der Waals surface area contributed by atoms with Gasteiger partial charge in [0.05, 0.1) is 39.4 Å². The molecule has 7 nitrogen and oxygen atoms in total. The van der Waals surface area contributed by atoms with Crippen molar-refractivity contribution in [2.24, 2.45) is 0 Å². The minimum Gasteiger partial charge on any atom is -0.494 e. The lowest BCUT2D eigenvalue weighted by atomic mass is 10.2. The average Bonchev–Trinajstić information content (AvgIpc) is 3.01. The van der Waals surface area contributed by atoms with Crippen LogP contribution in [0.25, 0.3) is 21.9 Å². The number of anilines is 1. The second-order valence-corrected chi connectivity index (χ2v) is 6.40. The van der Waals surface area contributed by atoms with Crippen LogP contribution in [0.5, 0.6) is 5.75 Å². The second kappa shape index (κ2) is 6.85. The largest absolute Gasteiger partial charge is 0.494 e. The van der Waals surface area contributed by atoms with Crippen LogP contribution in [0.1, 0.15) is 6.92 Å². The number of benzene rings is 1. The standard InChI is InChI=1S/C18H23N5O2/c1-2-25-13-3-4-15-14(11-13)16-17(21-15)18(20-12-19-16)23-7-5-22(6-8-23)9-10-24/h3-4,11-12,21,24H,2,5-10H2,1H3/p+1. The summed E-state index contributed by atoms with van der Waals surface area (Å²) in [6, 6.07) is 6.05. The topological polar surface area (TPSA) is 78.7 Å². The minimum atomic E-state index is 0.247. The number of quaternary nitrogens is 1. The van der Waals surface area contributed by atoms with Gasteiger partial charge in [0.25, 0.3) is 0 Å². The number of nitrogens with zero attached hydrogens (tertiary/aromatic N) is 3. The first-order valence-corrected chi connectivity index (χ1v) is 8.88. The van der Waals surface area contributed by atoms with Crippen molar-refractivity contribution in [2.45, 2.75) is 6.92 Å². The van der Waals surface area contributed by atoms with Crippen molar-refractivity contribution in [3.63, 3.8) is 0 Å². The van der Waals surface area contributed by atoms with Crippen LogP contribution in [0.15, 0.2) is 24.5 Å². The first-order chi connectivity index (χ1) is 12.3. The summed E-state index contributed by atoms with van der Waals surface area (Å²) in [5, 5.41) is 10.2. The monoisotopic (exact) mass is 342 g/mol. The highest BCUT2D eigenvalue weighted by Gasteiger charge is 2.23. The molecule has 0 aliphatic carbocycles. The first-order valence-electron chi connectivity index (χ1n) is 8.88. The molecule has 0 radical (unpaired) electrons. The third kappa shape index (κ3) is 3.01. The molecule has 1 aliphatic heterocycles. The molecule has 2 aromatic heterocycles. The lowest BCUT2D eigenvalue weighted by molar-refractivity contribution is -0.900. The van der Waals surface area contributed by atoms with Crippen LogP contribution in [0, 0.1) is 0 Å². The Bertz CT molecular complexity index is 870. The molecule has 3 N–H and O–H groups in total. The van der Waals surface area contributed by atoms with Gasteiger partial charge in [-0.15, -0.1) is 0 Å². The zero-order valence-electron chi connectivity index (χ0n) is 14.5. The molecular weight excluding hydrogens is 318 g/mol. The maximum absolute atomic E-state index is 9.11. The van der Waals surface area contributed by atoms with Crippen molar-refractivity contribution in [2.75, 3.05) is 50.8 Å². The summed E-state index contributed by atoms with van der Waals surface area (Å²) in [7, 11) is 0. The highest BCUT2D eigenvalue weighted by atomic mass is 16.5. The number of hydrogen-bond donors (Lipinski definition) is 3. The Morgan fingerprint density at radius 2 is 2.12 bits per heavy atom. The summed E-state index contributed by atoms with van der Waals surface area (Å²) < 4.78 is 5.62. The van der Waals surface area contributed by atoms with Gasteiger partial charge in [-0.3, -0.25) is 0 Å². The maximum atomic E-state index is 9.11. The molecule has 25 heavy (non-hydrogen) atoms. The van der Waals surface area contributed by atoms with Gasteiger partial charge in [-0.25, -0.2) is 9.97 Å². The zero-order chi connectivity index (χ0) is 17.2. The number of piperazine rings is 1. The van der Waals surface area contributed by atoms with Crippen LogP contribution in [-0.4, -0.2) is 66.0 Å². The van der Waals surface area contributed by atoms with Crippen LogP contribution < -0.4 is 14.5 Å². The van der Waals surface area contributed by atoms with Crippen molar-refractivity contribution < 1.29 is 14.7 Å². The summed E-state index contributed by atoms with van der Waals surface area (Å²) in [6.07, 6.45) is 1.64. The molecule has 3 aromatic rings. The lowest BCUT2D eigenvalue weighted by Gasteiger charge is -2.32. The van der Waals surface area contributed by atoms with Crippen molar-refractivity contribution in [1.82, 2.24) is 15.0 Å². The molecule has 7 heteroatoms. The van der Waals surface area contributed by atoms with E-state index >= 15 is 0 Å². The second-order valence-electron chi connectivity index (χ2n) is 6.40. The van der Waals surface area contributed by atoms with E-state index in [0.29, 0.717) is 6.61 Å². The third-order valence-electron chi connectivity index (χ3n) is 4.88. The summed E-state index contributed by atoms with van der Waals surface area (Å²) in [5.74, 6) is 1.82. The van der Waals surface area contributed by atoms with Crippen LogP contribution >= 0.6 is 0 Å². The molecule has 0 saturated carbocycles. The van der Waals surface area contributed by atoms with Crippen molar-refractivity contribution in [3.05, 3.63) is 24.5 Å². The van der Waals surface area contributed by atoms with Gasteiger partial charge >= 0.3 is 0 Å². The SMILES string of the molecule is CCOc1ccc2[nH]c3c(N4CC[NH+](CCO)CC4)ncnc3c2c1. The van der Waals surface area contributed by atoms with Crippen molar-refractivity contribution in [1.29, 1.82) is 0 Å². The highest BCUT2D eigenvalue weighted by Crippen LogP contribution is 2.31. The van der Waals surface area contributed by atoms with E-state index in [2.05, 4.69) is 19.9 Å². The molecule has 4 rings (SSSR count). The summed E-state index contributed by atoms with van der Waals surface area (Å²) >= 11 is 0. The molecule has 1 aliphatic rings. The molecule has 0 amide bonds. The molecule has 3 heterocycles. The number of rotatable bonds is 5. The number of nitrogens with one attached hydrogen (secondary N) is 2. The highest BCUT2D eigenvalue weighted by molar-refractivity contribution is 6.08. The number of aromatic amines is 1. The third-order valence-corrected chi connectivity index (χ3v) is 4.88. The Labute approximate surface area is 146 Å². The summed E-state index contributed by atoms with van der Waals surface area (Å²) in [4.78, 5) is 16.3. The normalized spacial score (nSPS) is 16.0. The number of aliphatic hydroxyl groups is 1. The molecule has 1 fully saturated rings. The molecule has 0 bridgehead atoms. The Morgan fingerprint density at radius 1 is 1.28 bits per heavy atom. The van der Waals surface area contributed by atoms with Gasteiger partial charge in [-0.2, -0.15) is 0 Å². The van der Waals surface area contributed by atoms with Crippen LogP contribution in [0.4, 0.5) is 5.82 Å². The van der Waals surface area contributed by atoms with Gasteiger partial charge < -0.3 is 24.6 Å². The fourth-order valence-electron chi connectivity index (χ4n) is 3.60. The Balaban J connectivity index is 1.69. The average molecular weight is 342 g/mol. The number of H-pyrrole nitrogens is 1. The van der Waals surface area contributed by atoms with Gasteiger partial charge in [0.15, 0.2) is 5.82 Å². The van der Waals surface area contributed by atoms with Crippen molar-refractivity contribution >= 4 is 27.8 Å². The molecule has 1 saturated heterocycles. The summed E-state index contributed by atoms with van der Waals surface area (Å²) in [5.41, 5.74) is 2.97. The Hall–Kier alpha value is -2.38. The molecule has 0 spiro atoms. The lowest BCUT2D eigenvalue weighted by Crippen LogP contribution is -3.15. The van der Waals surface area contributed by atoms with Crippen molar-refractivity contribution in [3.8, 4) is 5.75 Å². The molecule has 0 atom stereocenters. The summed E-state index contributed by atoms with van der Waals surface area (Å²) in [6.45, 7) is 7.59. The first kappa shape index (κ1) is 16.1. The quantitative estimate of drug-likeness (QED) is 0.618. The van der Waals surface area contributed by atoms with Gasteiger partial charge in [0.2, 0.25) is 0 Å². The van der Waals surface area contributed by atoms with E-state index in [9.17, 15) is 0 Å². The number of hydrogen-bond acceptors (Lipinski definition) is 5. The minimum absolute atomic E-state index is 0.247.